The zero-order valence-electron chi connectivity index (χ0n) is 12.4. The molecule has 112 valence electrons. The Morgan fingerprint density at radius 2 is 2.29 bits per heavy atom. The van der Waals surface area contributed by atoms with Gasteiger partial charge >= 0.3 is 5.97 Å². The van der Waals surface area contributed by atoms with Gasteiger partial charge in [0.05, 0.1) is 7.11 Å². The van der Waals surface area contributed by atoms with E-state index in [1.807, 2.05) is 0 Å². The minimum absolute atomic E-state index is 0.133. The van der Waals surface area contributed by atoms with Crippen molar-refractivity contribution in [1.29, 1.82) is 0 Å². The Kier molecular flexibility index (Phi) is 4.25. The lowest BCUT2D eigenvalue weighted by molar-refractivity contribution is -0.140. The van der Waals surface area contributed by atoms with Gasteiger partial charge in [0, 0.05) is 29.1 Å². The van der Waals surface area contributed by atoms with Crippen LogP contribution in [0.2, 0.25) is 0 Å². The van der Waals surface area contributed by atoms with Crippen LogP contribution in [0, 0.1) is 0 Å². The standard InChI is InChI=1S/C17H22N2O2/c1-21-16(20)10-5-11-18-15-9-4-7-13-12-6-2-3-8-14(12)19-17(13)15/h2-3,6,8,15,18-19H,4-5,7,9-11H2,1H3. The molecule has 0 aliphatic heterocycles. The van der Waals surface area contributed by atoms with Crippen LogP contribution in [-0.2, 0) is 16.0 Å². The van der Waals surface area contributed by atoms with Crippen molar-refractivity contribution in [3.05, 3.63) is 35.5 Å². The summed E-state index contributed by atoms with van der Waals surface area (Å²) in [6, 6.07) is 8.89. The number of carbonyl (C=O) groups is 1. The lowest BCUT2D eigenvalue weighted by Crippen LogP contribution is -2.26. The first-order valence-corrected chi connectivity index (χ1v) is 7.69. The van der Waals surface area contributed by atoms with Crippen molar-refractivity contribution < 1.29 is 9.53 Å². The Hall–Kier alpha value is -1.81. The molecule has 4 nitrogen and oxygen atoms in total. The summed E-state index contributed by atoms with van der Waals surface area (Å²) < 4.78 is 4.67. The molecule has 0 amide bonds. The third-order valence-corrected chi connectivity index (χ3v) is 4.29. The average molecular weight is 286 g/mol. The molecule has 2 aromatic rings. The van der Waals surface area contributed by atoms with E-state index >= 15 is 0 Å². The fourth-order valence-electron chi connectivity index (χ4n) is 3.23. The molecule has 0 bridgehead atoms. The quantitative estimate of drug-likeness (QED) is 0.656. The van der Waals surface area contributed by atoms with Gasteiger partial charge in [-0.05, 0) is 43.9 Å². The monoisotopic (exact) mass is 286 g/mol. The van der Waals surface area contributed by atoms with E-state index in [9.17, 15) is 4.79 Å². The second-order valence-electron chi connectivity index (χ2n) is 5.64. The molecule has 1 heterocycles. The molecule has 4 heteroatoms. The third kappa shape index (κ3) is 2.95. The van der Waals surface area contributed by atoms with Gasteiger partial charge in [-0.2, -0.15) is 0 Å². The van der Waals surface area contributed by atoms with Gasteiger partial charge in [-0.15, -0.1) is 0 Å². The summed E-state index contributed by atoms with van der Waals surface area (Å²) >= 11 is 0. The SMILES string of the molecule is COC(=O)CCCNC1CCCc2c1[nH]c1ccccc21. The van der Waals surface area contributed by atoms with E-state index in [1.165, 1.54) is 35.7 Å². The molecule has 1 aliphatic rings. The summed E-state index contributed by atoms with van der Waals surface area (Å²) in [5.74, 6) is -0.133. The van der Waals surface area contributed by atoms with Gasteiger partial charge in [0.15, 0.2) is 0 Å². The van der Waals surface area contributed by atoms with Crippen LogP contribution in [-0.4, -0.2) is 24.6 Å². The number of hydrogen-bond donors (Lipinski definition) is 2. The summed E-state index contributed by atoms with van der Waals surface area (Å²) in [4.78, 5) is 14.7. The van der Waals surface area contributed by atoms with Crippen molar-refractivity contribution in [2.75, 3.05) is 13.7 Å². The lowest BCUT2D eigenvalue weighted by Gasteiger charge is -2.23. The van der Waals surface area contributed by atoms with Gasteiger partial charge in [-0.25, -0.2) is 0 Å². The second-order valence-corrected chi connectivity index (χ2v) is 5.64. The van der Waals surface area contributed by atoms with Crippen LogP contribution in [0.1, 0.15) is 43.0 Å². The van der Waals surface area contributed by atoms with Gasteiger partial charge in [0.2, 0.25) is 0 Å². The van der Waals surface area contributed by atoms with Crippen molar-refractivity contribution >= 4 is 16.9 Å². The summed E-state index contributed by atoms with van der Waals surface area (Å²) in [5.41, 5.74) is 4.02. The van der Waals surface area contributed by atoms with Crippen molar-refractivity contribution in [3.63, 3.8) is 0 Å². The number of ether oxygens (including phenoxy) is 1. The Labute approximate surface area is 124 Å². The molecular formula is C17H22N2O2. The number of fused-ring (bicyclic) bond motifs is 3. The summed E-state index contributed by atoms with van der Waals surface area (Å²) in [6.07, 6.45) is 4.82. The average Bonchev–Trinajstić information content (AvgIpc) is 2.90. The number of aromatic nitrogens is 1. The number of esters is 1. The van der Waals surface area contributed by atoms with E-state index in [4.69, 9.17) is 0 Å². The van der Waals surface area contributed by atoms with Crippen LogP contribution in [0.15, 0.2) is 24.3 Å². The van der Waals surface area contributed by atoms with Crippen molar-refractivity contribution in [1.82, 2.24) is 10.3 Å². The molecule has 0 spiro atoms. The van der Waals surface area contributed by atoms with Crippen LogP contribution in [0.3, 0.4) is 0 Å². The Bertz CT molecular complexity index is 633. The largest absolute Gasteiger partial charge is 0.469 e. The number of methoxy groups -OCH3 is 1. The van der Waals surface area contributed by atoms with E-state index in [2.05, 4.69) is 39.3 Å². The van der Waals surface area contributed by atoms with Gasteiger partial charge in [0.1, 0.15) is 0 Å². The van der Waals surface area contributed by atoms with Crippen molar-refractivity contribution in [2.24, 2.45) is 0 Å². The zero-order valence-corrected chi connectivity index (χ0v) is 12.4. The molecule has 0 saturated heterocycles. The van der Waals surface area contributed by atoms with Gasteiger partial charge in [0.25, 0.3) is 0 Å². The van der Waals surface area contributed by atoms with Crippen LogP contribution in [0.25, 0.3) is 10.9 Å². The number of aromatic amines is 1. The smallest absolute Gasteiger partial charge is 0.305 e. The highest BCUT2D eigenvalue weighted by atomic mass is 16.5. The fourth-order valence-corrected chi connectivity index (χ4v) is 3.23. The van der Waals surface area contributed by atoms with Gasteiger partial charge < -0.3 is 15.0 Å². The Morgan fingerprint density at radius 3 is 3.14 bits per heavy atom. The van der Waals surface area contributed by atoms with Gasteiger partial charge in [-0.3, -0.25) is 4.79 Å². The molecule has 1 aromatic heterocycles. The van der Waals surface area contributed by atoms with Crippen molar-refractivity contribution in [2.45, 2.75) is 38.1 Å². The fraction of sp³-hybridized carbons (Fsp3) is 0.471. The highest BCUT2D eigenvalue weighted by Gasteiger charge is 2.23. The number of benzene rings is 1. The Morgan fingerprint density at radius 1 is 1.43 bits per heavy atom. The second kappa shape index (κ2) is 6.31. The normalized spacial score (nSPS) is 17.7. The van der Waals surface area contributed by atoms with E-state index in [0.29, 0.717) is 12.5 Å². The molecule has 2 N–H and O–H groups in total. The maximum Gasteiger partial charge on any atom is 0.305 e. The molecular weight excluding hydrogens is 264 g/mol. The third-order valence-electron chi connectivity index (χ3n) is 4.29. The summed E-state index contributed by atoms with van der Waals surface area (Å²) in [6.45, 7) is 0.842. The molecule has 1 aromatic carbocycles. The number of H-pyrrole nitrogens is 1. The highest BCUT2D eigenvalue weighted by Crippen LogP contribution is 2.34. The molecule has 3 rings (SSSR count). The molecule has 21 heavy (non-hydrogen) atoms. The van der Waals surface area contributed by atoms with E-state index in [1.54, 1.807) is 0 Å². The first-order chi connectivity index (χ1) is 10.3. The van der Waals surface area contributed by atoms with Crippen LogP contribution >= 0.6 is 0 Å². The van der Waals surface area contributed by atoms with Gasteiger partial charge in [-0.1, -0.05) is 18.2 Å². The molecule has 0 radical (unpaired) electrons. The van der Waals surface area contributed by atoms with Crippen molar-refractivity contribution in [3.8, 4) is 0 Å². The molecule has 0 fully saturated rings. The minimum Gasteiger partial charge on any atom is -0.469 e. The first kappa shape index (κ1) is 14.1. The molecule has 1 unspecified atom stereocenters. The molecule has 1 atom stereocenters. The highest BCUT2D eigenvalue weighted by molar-refractivity contribution is 5.85. The number of hydrogen-bond acceptors (Lipinski definition) is 3. The minimum atomic E-state index is -0.133. The van der Waals surface area contributed by atoms with Crippen LogP contribution in [0.4, 0.5) is 0 Å². The number of aryl methyl sites for hydroxylation is 1. The number of rotatable bonds is 5. The predicted molar refractivity (Wildman–Crippen MR) is 83.2 cm³/mol. The van der Waals surface area contributed by atoms with Crippen LogP contribution < -0.4 is 5.32 Å². The lowest BCUT2D eigenvalue weighted by atomic mass is 9.91. The predicted octanol–water partition coefficient (Wildman–Crippen LogP) is 3.09. The molecule has 0 saturated carbocycles. The van der Waals surface area contributed by atoms with E-state index in [0.717, 1.165) is 25.8 Å². The zero-order chi connectivity index (χ0) is 14.7. The maximum absolute atomic E-state index is 11.1. The maximum atomic E-state index is 11.1. The van der Waals surface area contributed by atoms with E-state index < -0.39 is 0 Å². The summed E-state index contributed by atoms with van der Waals surface area (Å²) in [5, 5.41) is 4.93. The summed E-state index contributed by atoms with van der Waals surface area (Å²) in [7, 11) is 1.44. The number of carbonyl (C=O) groups excluding carboxylic acids is 1. The van der Waals surface area contributed by atoms with E-state index in [-0.39, 0.29) is 5.97 Å². The topological polar surface area (TPSA) is 54.1 Å². The first-order valence-electron chi connectivity index (χ1n) is 7.69. The number of nitrogens with one attached hydrogen (secondary N) is 2. The Balaban J connectivity index is 1.68. The number of para-hydroxylation sites is 1. The molecule has 1 aliphatic carbocycles. The van der Waals surface area contributed by atoms with Crippen LogP contribution in [0.5, 0.6) is 0 Å².